The highest BCUT2D eigenvalue weighted by Gasteiger charge is 2.13. The molecule has 0 fully saturated rings. The Hall–Kier alpha value is -0.130. The molecule has 0 radical (unpaired) electrons. The van der Waals surface area contributed by atoms with Gasteiger partial charge in [-0.1, -0.05) is 22.5 Å². The molecule has 80 valence electrons. The lowest BCUT2D eigenvalue weighted by molar-refractivity contribution is -0.130. The van der Waals surface area contributed by atoms with Gasteiger partial charge in [0.15, 0.2) is 5.75 Å². The lowest BCUT2D eigenvalue weighted by atomic mass is 10.3. The first kappa shape index (κ1) is 12.9. The van der Waals surface area contributed by atoms with Crippen molar-refractivity contribution in [3.05, 3.63) is 37.7 Å². The second-order valence-electron chi connectivity index (χ2n) is 2.87. The molecular weight excluding hydrogens is 392 g/mol. The summed E-state index contributed by atoms with van der Waals surface area (Å²) in [5.74, 6) is 0.00456. The number of esters is 1. The quantitative estimate of drug-likeness (QED) is 0.418. The van der Waals surface area contributed by atoms with Crippen LogP contribution in [0.1, 0.15) is 6.92 Å². The van der Waals surface area contributed by atoms with Crippen LogP contribution in [-0.2, 0) is 4.79 Å². The predicted octanol–water partition coefficient (Wildman–Crippen LogP) is 4.46. The number of carbonyl (C=O) groups is 1. The molecule has 5 heteroatoms. The van der Waals surface area contributed by atoms with Gasteiger partial charge in [0, 0.05) is 10.0 Å². The maximum Gasteiger partial charge on any atom is 0.338 e. The monoisotopic (exact) mass is 396 g/mol. The number of hydrogen-bond donors (Lipinski definition) is 0. The fourth-order valence-electron chi connectivity index (χ4n) is 0.806. The van der Waals surface area contributed by atoms with Crippen LogP contribution in [0.3, 0.4) is 0 Å². The summed E-state index contributed by atoms with van der Waals surface area (Å²) in [6.45, 7) is 5.11. The third-order valence-electron chi connectivity index (χ3n) is 1.51. The third-order valence-corrected chi connectivity index (χ3v) is 3.14. The van der Waals surface area contributed by atoms with E-state index in [0.29, 0.717) is 20.3 Å². The minimum Gasteiger partial charge on any atom is -0.421 e. The highest BCUT2D eigenvalue weighted by atomic mass is 79.9. The molecule has 0 aliphatic carbocycles. The van der Waals surface area contributed by atoms with Crippen LogP contribution in [0.4, 0.5) is 0 Å². The molecule has 0 aromatic heterocycles. The average molecular weight is 399 g/mol. The molecule has 0 atom stereocenters. The largest absolute Gasteiger partial charge is 0.421 e. The number of halogens is 3. The first-order valence-corrected chi connectivity index (χ1v) is 6.32. The number of ether oxygens (including phenoxy) is 1. The van der Waals surface area contributed by atoms with Crippen molar-refractivity contribution >= 4 is 53.8 Å². The van der Waals surface area contributed by atoms with Crippen LogP contribution >= 0.6 is 47.8 Å². The summed E-state index contributed by atoms with van der Waals surface area (Å²) in [5.41, 5.74) is 0.358. The van der Waals surface area contributed by atoms with E-state index in [0.717, 1.165) is 4.47 Å². The van der Waals surface area contributed by atoms with Crippen LogP contribution in [0.25, 0.3) is 0 Å². The predicted molar refractivity (Wildman–Crippen MR) is 70.0 cm³/mol. The van der Waals surface area contributed by atoms with Crippen LogP contribution in [0.15, 0.2) is 37.7 Å². The molecule has 0 saturated heterocycles. The standard InChI is InChI=1S/C10H7Br3O2/c1-5(2)10(14)15-9-7(12)3-6(11)4-8(9)13/h3-4H,1H2,2H3. The van der Waals surface area contributed by atoms with Crippen LogP contribution in [0.5, 0.6) is 5.75 Å². The number of benzene rings is 1. The van der Waals surface area contributed by atoms with E-state index in [-0.39, 0.29) is 0 Å². The van der Waals surface area contributed by atoms with Gasteiger partial charge in [-0.2, -0.15) is 0 Å². The zero-order valence-electron chi connectivity index (χ0n) is 7.81. The third kappa shape index (κ3) is 3.43. The van der Waals surface area contributed by atoms with Crippen molar-refractivity contribution in [2.45, 2.75) is 6.92 Å². The Labute approximate surface area is 113 Å². The van der Waals surface area contributed by atoms with Crippen molar-refractivity contribution in [2.75, 3.05) is 0 Å². The van der Waals surface area contributed by atoms with E-state index in [4.69, 9.17) is 4.74 Å². The average Bonchev–Trinajstić information content (AvgIpc) is 2.10. The molecule has 1 aromatic rings. The maximum atomic E-state index is 11.3. The number of hydrogen-bond acceptors (Lipinski definition) is 2. The summed E-state index contributed by atoms with van der Waals surface area (Å²) in [5, 5.41) is 0. The van der Waals surface area contributed by atoms with Gasteiger partial charge in [-0.3, -0.25) is 0 Å². The molecule has 0 unspecified atom stereocenters. The van der Waals surface area contributed by atoms with Crippen molar-refractivity contribution in [3.8, 4) is 5.75 Å². The van der Waals surface area contributed by atoms with Gasteiger partial charge in [-0.15, -0.1) is 0 Å². The second kappa shape index (κ2) is 5.27. The smallest absolute Gasteiger partial charge is 0.338 e. The Morgan fingerprint density at radius 3 is 2.13 bits per heavy atom. The first-order chi connectivity index (χ1) is 6.91. The Bertz CT molecular complexity index is 404. The minimum absolute atomic E-state index is 0.358. The molecular formula is C10H7Br3O2. The minimum atomic E-state index is -0.446. The van der Waals surface area contributed by atoms with E-state index in [1.807, 2.05) is 0 Å². The molecule has 0 amide bonds. The second-order valence-corrected chi connectivity index (χ2v) is 5.49. The zero-order valence-corrected chi connectivity index (χ0v) is 12.6. The first-order valence-electron chi connectivity index (χ1n) is 3.94. The molecule has 1 rings (SSSR count). The summed E-state index contributed by atoms with van der Waals surface area (Å²) in [6, 6.07) is 3.59. The fourth-order valence-corrected chi connectivity index (χ4v) is 3.23. The van der Waals surface area contributed by atoms with Crippen LogP contribution in [0, 0.1) is 0 Å². The summed E-state index contributed by atoms with van der Waals surface area (Å²) in [7, 11) is 0. The van der Waals surface area contributed by atoms with Gasteiger partial charge in [0.25, 0.3) is 0 Å². The summed E-state index contributed by atoms with van der Waals surface area (Å²) < 4.78 is 7.41. The molecule has 0 spiro atoms. The van der Waals surface area contributed by atoms with Gasteiger partial charge < -0.3 is 4.74 Å². The number of carbonyl (C=O) groups excluding carboxylic acids is 1. The van der Waals surface area contributed by atoms with Gasteiger partial charge in [-0.25, -0.2) is 4.79 Å². The molecule has 0 aliphatic rings. The Kier molecular flexibility index (Phi) is 4.55. The van der Waals surface area contributed by atoms with E-state index in [1.54, 1.807) is 19.1 Å². The molecule has 1 aromatic carbocycles. The Balaban J connectivity index is 3.05. The van der Waals surface area contributed by atoms with Crippen LogP contribution in [-0.4, -0.2) is 5.97 Å². The SMILES string of the molecule is C=C(C)C(=O)Oc1c(Br)cc(Br)cc1Br. The zero-order chi connectivity index (χ0) is 11.6. The molecule has 0 saturated carbocycles. The normalized spacial score (nSPS) is 9.87. The van der Waals surface area contributed by atoms with Gasteiger partial charge in [0.2, 0.25) is 0 Å². The summed E-state index contributed by atoms with van der Waals surface area (Å²) in [6.07, 6.45) is 0. The van der Waals surface area contributed by atoms with Crippen molar-refractivity contribution in [1.82, 2.24) is 0 Å². The van der Waals surface area contributed by atoms with Gasteiger partial charge in [-0.05, 0) is 50.9 Å². The van der Waals surface area contributed by atoms with Crippen molar-refractivity contribution in [1.29, 1.82) is 0 Å². The van der Waals surface area contributed by atoms with Gasteiger partial charge in [0.05, 0.1) is 8.95 Å². The van der Waals surface area contributed by atoms with Crippen molar-refractivity contribution < 1.29 is 9.53 Å². The summed E-state index contributed by atoms with van der Waals surface area (Å²) >= 11 is 9.94. The maximum absolute atomic E-state index is 11.3. The lowest BCUT2D eigenvalue weighted by Crippen LogP contribution is -2.09. The molecule has 0 aliphatic heterocycles. The lowest BCUT2D eigenvalue weighted by Gasteiger charge is -2.08. The highest BCUT2D eigenvalue weighted by Crippen LogP contribution is 2.36. The summed E-state index contributed by atoms with van der Waals surface area (Å²) in [4.78, 5) is 11.3. The van der Waals surface area contributed by atoms with Gasteiger partial charge in [0.1, 0.15) is 0 Å². The Morgan fingerprint density at radius 1 is 1.27 bits per heavy atom. The molecule has 0 heterocycles. The topological polar surface area (TPSA) is 26.3 Å². The van der Waals surface area contributed by atoms with Crippen LogP contribution < -0.4 is 4.74 Å². The molecule has 0 bridgehead atoms. The van der Waals surface area contributed by atoms with Crippen LogP contribution in [0.2, 0.25) is 0 Å². The van der Waals surface area contributed by atoms with E-state index in [9.17, 15) is 4.79 Å². The molecule has 0 N–H and O–H groups in total. The van der Waals surface area contributed by atoms with E-state index < -0.39 is 5.97 Å². The number of rotatable bonds is 2. The molecule has 2 nitrogen and oxygen atoms in total. The highest BCUT2D eigenvalue weighted by molar-refractivity contribution is 9.11. The van der Waals surface area contributed by atoms with E-state index in [1.165, 1.54) is 0 Å². The van der Waals surface area contributed by atoms with Crippen molar-refractivity contribution in [2.24, 2.45) is 0 Å². The Morgan fingerprint density at radius 2 is 1.73 bits per heavy atom. The van der Waals surface area contributed by atoms with E-state index in [2.05, 4.69) is 54.4 Å². The van der Waals surface area contributed by atoms with Crippen molar-refractivity contribution in [3.63, 3.8) is 0 Å². The van der Waals surface area contributed by atoms with E-state index >= 15 is 0 Å². The van der Waals surface area contributed by atoms with Gasteiger partial charge >= 0.3 is 5.97 Å². The fraction of sp³-hybridized carbons (Fsp3) is 0.100. The molecule has 15 heavy (non-hydrogen) atoms.